The van der Waals surface area contributed by atoms with E-state index in [9.17, 15) is 4.79 Å². The first-order valence-corrected chi connectivity index (χ1v) is 9.05. The Kier molecular flexibility index (Phi) is 5.25. The van der Waals surface area contributed by atoms with Crippen LogP contribution >= 0.6 is 0 Å². The van der Waals surface area contributed by atoms with Crippen molar-refractivity contribution in [1.29, 1.82) is 0 Å². The van der Waals surface area contributed by atoms with Gasteiger partial charge in [0.2, 0.25) is 0 Å². The molecule has 0 aliphatic rings. The summed E-state index contributed by atoms with van der Waals surface area (Å²) in [6.07, 6.45) is 1.70. The second kappa shape index (κ2) is 8.31. The van der Waals surface area contributed by atoms with E-state index in [0.717, 1.165) is 22.3 Å². The van der Waals surface area contributed by atoms with Gasteiger partial charge in [0.1, 0.15) is 17.2 Å². The number of urea groups is 1. The Balaban J connectivity index is 1.46. The van der Waals surface area contributed by atoms with Gasteiger partial charge in [-0.3, -0.25) is 4.98 Å². The Morgan fingerprint density at radius 3 is 2.24 bits per heavy atom. The van der Waals surface area contributed by atoms with E-state index in [1.807, 2.05) is 48.5 Å². The number of amides is 2. The number of carbonyl (C=O) groups is 1. The molecule has 144 valence electrons. The number of fused-ring (bicyclic) bond motifs is 1. The summed E-state index contributed by atoms with van der Waals surface area (Å²) in [6, 6.07) is 23.6. The predicted molar refractivity (Wildman–Crippen MR) is 114 cm³/mol. The number of rotatable bonds is 5. The smallest absolute Gasteiger partial charge is 0.323 e. The summed E-state index contributed by atoms with van der Waals surface area (Å²) < 4.78 is 11.3. The van der Waals surface area contributed by atoms with Crippen molar-refractivity contribution in [2.24, 2.45) is 0 Å². The number of ether oxygens (including phenoxy) is 2. The molecule has 3 aromatic carbocycles. The summed E-state index contributed by atoms with van der Waals surface area (Å²) in [7, 11) is 1.62. The van der Waals surface area contributed by atoms with Gasteiger partial charge in [-0.25, -0.2) is 4.79 Å². The van der Waals surface area contributed by atoms with Gasteiger partial charge in [-0.05, 0) is 60.7 Å². The number of nitrogens with one attached hydrogen (secondary N) is 2. The van der Waals surface area contributed by atoms with Crippen LogP contribution in [0.5, 0.6) is 17.2 Å². The lowest BCUT2D eigenvalue weighted by Crippen LogP contribution is -2.19. The van der Waals surface area contributed by atoms with Crippen molar-refractivity contribution < 1.29 is 14.3 Å². The van der Waals surface area contributed by atoms with Gasteiger partial charge in [0.25, 0.3) is 0 Å². The number of methoxy groups -OCH3 is 1. The van der Waals surface area contributed by atoms with Crippen LogP contribution in [0.1, 0.15) is 0 Å². The fourth-order valence-corrected chi connectivity index (χ4v) is 2.86. The number of aromatic nitrogens is 1. The molecule has 2 N–H and O–H groups in total. The molecule has 0 atom stereocenters. The highest BCUT2D eigenvalue weighted by atomic mass is 16.5. The van der Waals surface area contributed by atoms with Gasteiger partial charge in [0, 0.05) is 23.0 Å². The first-order chi connectivity index (χ1) is 14.2. The largest absolute Gasteiger partial charge is 0.497 e. The lowest BCUT2D eigenvalue weighted by molar-refractivity contribution is 0.262. The molecule has 6 heteroatoms. The zero-order valence-corrected chi connectivity index (χ0v) is 15.8. The molecule has 0 aliphatic heterocycles. The molecule has 6 nitrogen and oxygen atoms in total. The minimum atomic E-state index is -0.308. The number of anilines is 2. The maximum absolute atomic E-state index is 12.1. The molecule has 0 saturated heterocycles. The molecule has 2 amide bonds. The highest BCUT2D eigenvalue weighted by Gasteiger charge is 2.07. The molecule has 0 spiro atoms. The fraction of sp³-hybridized carbons (Fsp3) is 0.0435. The quantitative estimate of drug-likeness (QED) is 0.464. The molecule has 0 saturated carbocycles. The van der Waals surface area contributed by atoms with E-state index in [4.69, 9.17) is 9.47 Å². The van der Waals surface area contributed by atoms with Crippen molar-refractivity contribution in [2.75, 3.05) is 17.7 Å². The van der Waals surface area contributed by atoms with E-state index in [1.165, 1.54) is 0 Å². The molecule has 29 heavy (non-hydrogen) atoms. The molecule has 1 heterocycles. The summed E-state index contributed by atoms with van der Waals surface area (Å²) in [5, 5.41) is 6.43. The van der Waals surface area contributed by atoms with Crippen LogP contribution in [0.25, 0.3) is 10.9 Å². The average Bonchev–Trinajstić information content (AvgIpc) is 2.75. The monoisotopic (exact) mass is 385 g/mol. The van der Waals surface area contributed by atoms with E-state index < -0.39 is 0 Å². The zero-order chi connectivity index (χ0) is 20.1. The maximum atomic E-state index is 12.1. The van der Waals surface area contributed by atoms with Crippen molar-refractivity contribution in [3.63, 3.8) is 0 Å². The molecular formula is C23H19N3O3. The van der Waals surface area contributed by atoms with Crippen LogP contribution in [0.4, 0.5) is 16.2 Å². The average molecular weight is 385 g/mol. The molecule has 1 aromatic heterocycles. The molecule has 4 rings (SSSR count). The number of hydrogen-bond acceptors (Lipinski definition) is 4. The summed E-state index contributed by atoms with van der Waals surface area (Å²) in [5.41, 5.74) is 2.20. The molecule has 0 bridgehead atoms. The van der Waals surface area contributed by atoms with Crippen LogP contribution in [0.3, 0.4) is 0 Å². The van der Waals surface area contributed by atoms with E-state index in [-0.39, 0.29) is 6.03 Å². The van der Waals surface area contributed by atoms with Gasteiger partial charge in [0.15, 0.2) is 0 Å². The number of nitrogens with zero attached hydrogens (tertiary/aromatic N) is 1. The Labute approximate surface area is 168 Å². The van der Waals surface area contributed by atoms with E-state index in [1.54, 1.807) is 43.6 Å². The van der Waals surface area contributed by atoms with E-state index in [2.05, 4.69) is 15.6 Å². The second-order valence-electron chi connectivity index (χ2n) is 6.26. The third-order valence-electron chi connectivity index (χ3n) is 4.28. The number of pyridine rings is 1. The molecular weight excluding hydrogens is 366 g/mol. The van der Waals surface area contributed by atoms with Crippen molar-refractivity contribution in [1.82, 2.24) is 4.98 Å². The molecule has 4 aromatic rings. The normalized spacial score (nSPS) is 10.4. The number of para-hydroxylation sites is 1. The van der Waals surface area contributed by atoms with Crippen molar-refractivity contribution in [3.8, 4) is 17.2 Å². The number of hydrogen-bond donors (Lipinski definition) is 2. The third kappa shape index (κ3) is 4.44. The minimum Gasteiger partial charge on any atom is -0.497 e. The summed E-state index contributed by atoms with van der Waals surface area (Å²) >= 11 is 0. The van der Waals surface area contributed by atoms with Crippen molar-refractivity contribution in [2.45, 2.75) is 0 Å². The third-order valence-corrected chi connectivity index (χ3v) is 4.28. The summed E-state index contributed by atoms with van der Waals surface area (Å²) in [6.45, 7) is 0. The van der Waals surface area contributed by atoms with Gasteiger partial charge in [-0.2, -0.15) is 0 Å². The van der Waals surface area contributed by atoms with E-state index >= 15 is 0 Å². The van der Waals surface area contributed by atoms with Gasteiger partial charge >= 0.3 is 6.03 Å². The lowest BCUT2D eigenvalue weighted by atomic mass is 10.2. The summed E-state index contributed by atoms with van der Waals surface area (Å²) in [5.74, 6) is 2.06. The fourth-order valence-electron chi connectivity index (χ4n) is 2.86. The first-order valence-electron chi connectivity index (χ1n) is 9.05. The Bertz CT molecular complexity index is 1130. The Hall–Kier alpha value is -4.06. The molecule has 0 unspecified atom stereocenters. The summed E-state index contributed by atoms with van der Waals surface area (Å²) in [4.78, 5) is 16.4. The lowest BCUT2D eigenvalue weighted by Gasteiger charge is -2.11. The number of benzene rings is 3. The SMILES string of the molecule is COc1ccc2nccc(Oc3ccc(NC(=O)Nc4ccccc4)cc3)c2c1. The standard InChI is InChI=1S/C23H19N3O3/c1-28-19-11-12-21-20(15-19)22(13-14-24-21)29-18-9-7-17(8-10-18)26-23(27)25-16-5-3-2-4-6-16/h2-15H,1H3,(H2,25,26,27). The van der Waals surface area contributed by atoms with E-state index in [0.29, 0.717) is 17.2 Å². The number of carbonyl (C=O) groups excluding carboxylic acids is 1. The second-order valence-corrected chi connectivity index (χ2v) is 6.26. The van der Waals surface area contributed by atoms with Crippen LogP contribution in [0.15, 0.2) is 85.1 Å². The predicted octanol–water partition coefficient (Wildman–Crippen LogP) is 5.68. The van der Waals surface area contributed by atoms with Crippen LogP contribution < -0.4 is 20.1 Å². The van der Waals surface area contributed by atoms with Crippen LogP contribution in [-0.4, -0.2) is 18.1 Å². The maximum Gasteiger partial charge on any atom is 0.323 e. The Morgan fingerprint density at radius 2 is 1.52 bits per heavy atom. The van der Waals surface area contributed by atoms with Gasteiger partial charge in [-0.15, -0.1) is 0 Å². The minimum absolute atomic E-state index is 0.308. The first kappa shape index (κ1) is 18.3. The highest BCUT2D eigenvalue weighted by molar-refractivity contribution is 5.99. The topological polar surface area (TPSA) is 72.5 Å². The zero-order valence-electron chi connectivity index (χ0n) is 15.8. The molecule has 0 radical (unpaired) electrons. The van der Waals surface area contributed by atoms with Crippen LogP contribution in [0, 0.1) is 0 Å². The van der Waals surface area contributed by atoms with Crippen LogP contribution in [-0.2, 0) is 0 Å². The Morgan fingerprint density at radius 1 is 0.828 bits per heavy atom. The van der Waals surface area contributed by atoms with Gasteiger partial charge < -0.3 is 20.1 Å². The van der Waals surface area contributed by atoms with Crippen molar-refractivity contribution >= 4 is 28.3 Å². The van der Waals surface area contributed by atoms with Crippen LogP contribution in [0.2, 0.25) is 0 Å². The molecule has 0 aliphatic carbocycles. The van der Waals surface area contributed by atoms with Crippen molar-refractivity contribution in [3.05, 3.63) is 85.1 Å². The van der Waals surface area contributed by atoms with Gasteiger partial charge in [0.05, 0.1) is 12.6 Å². The molecule has 0 fully saturated rings. The van der Waals surface area contributed by atoms with Gasteiger partial charge in [-0.1, -0.05) is 18.2 Å². The highest BCUT2D eigenvalue weighted by Crippen LogP contribution is 2.31.